The van der Waals surface area contributed by atoms with Crippen molar-refractivity contribution in [3.8, 4) is 17.1 Å². The van der Waals surface area contributed by atoms with Crippen molar-refractivity contribution in [1.82, 2.24) is 35.4 Å². The van der Waals surface area contributed by atoms with E-state index in [1.807, 2.05) is 4.90 Å². The zero-order chi connectivity index (χ0) is 31.6. The van der Waals surface area contributed by atoms with Crippen molar-refractivity contribution in [2.24, 2.45) is 0 Å². The molecule has 4 aliphatic rings. The third-order valence-corrected chi connectivity index (χ3v) is 9.32. The second-order valence-electron chi connectivity index (χ2n) is 12.2. The van der Waals surface area contributed by atoms with Crippen LogP contribution in [0.4, 0.5) is 32.2 Å². The van der Waals surface area contributed by atoms with E-state index >= 15 is 8.78 Å². The number of nitrogens with one attached hydrogen (secondary N) is 2. The van der Waals surface area contributed by atoms with E-state index in [0.29, 0.717) is 31.9 Å². The molecule has 4 fully saturated rings. The minimum Gasteiger partial charge on any atom is -0.467 e. The molecule has 7 heterocycles. The Morgan fingerprint density at radius 2 is 1.78 bits per heavy atom. The van der Waals surface area contributed by atoms with Crippen molar-refractivity contribution in [2.75, 3.05) is 38.2 Å². The number of pyridine rings is 1. The van der Waals surface area contributed by atoms with Crippen molar-refractivity contribution < 1.29 is 31.1 Å². The predicted molar refractivity (Wildman–Crippen MR) is 155 cm³/mol. The topological polar surface area (TPSA) is 95.1 Å². The van der Waals surface area contributed by atoms with E-state index < -0.39 is 40.7 Å². The van der Waals surface area contributed by atoms with E-state index in [9.17, 15) is 17.6 Å². The fourth-order valence-corrected chi connectivity index (χ4v) is 7.33. The first-order chi connectivity index (χ1) is 21.5. The van der Waals surface area contributed by atoms with Crippen LogP contribution in [0.25, 0.3) is 33.1 Å². The summed E-state index contributed by atoms with van der Waals surface area (Å²) >= 11 is 0. The number of fused-ring (bicyclic) bond motifs is 5. The number of hydrogen-bond donors (Lipinski definition) is 2. The van der Waals surface area contributed by atoms with Gasteiger partial charge in [-0.05, 0) is 51.6 Å². The quantitative estimate of drug-likeness (QED) is 0.293. The Hall–Kier alpha value is -3.72. The zero-order valence-corrected chi connectivity index (χ0v) is 24.7. The van der Waals surface area contributed by atoms with Crippen LogP contribution in [0.3, 0.4) is 0 Å². The van der Waals surface area contributed by atoms with Crippen LogP contribution in [0.2, 0.25) is 0 Å². The standard InChI is InChI=1S/C23H20F5N7O.C7H12FN/c1-9-15-16(13(23(26,27)28)6-29-20(15)34-33-9)17-14(24)5-12-19(18(17)25)31-22(36-2)32-21(12)35-7-10-3-4-11(8-35)30-10;8-6-4-7-2-1-3-9(7)5-6/h5-6,10-11,30H,3-4,7-8H2,1-2H3,(H,29,33,34);6-7H,1-5H2. The highest BCUT2D eigenvalue weighted by Gasteiger charge is 2.39. The lowest BCUT2D eigenvalue weighted by Gasteiger charge is -2.34. The van der Waals surface area contributed by atoms with Crippen LogP contribution in [-0.4, -0.2) is 87.6 Å². The molecule has 2 N–H and O–H groups in total. The Labute approximate surface area is 254 Å². The summed E-state index contributed by atoms with van der Waals surface area (Å²) in [6, 6.07) is 1.85. The third-order valence-electron chi connectivity index (χ3n) is 9.32. The highest BCUT2D eigenvalue weighted by Crippen LogP contribution is 2.45. The molecule has 15 heteroatoms. The second-order valence-corrected chi connectivity index (χ2v) is 12.2. The molecule has 4 aliphatic heterocycles. The van der Waals surface area contributed by atoms with Gasteiger partial charge < -0.3 is 15.0 Å². The molecule has 0 aliphatic carbocycles. The maximum Gasteiger partial charge on any atom is 0.418 e. The number of alkyl halides is 4. The molecule has 0 spiro atoms. The number of nitrogens with zero attached hydrogens (tertiary/aromatic N) is 6. The first-order valence-electron chi connectivity index (χ1n) is 15.1. The molecule has 3 aromatic heterocycles. The zero-order valence-electron chi connectivity index (χ0n) is 24.7. The van der Waals surface area contributed by atoms with Gasteiger partial charge in [-0.1, -0.05) is 0 Å². The average Bonchev–Trinajstić information content (AvgIpc) is 3.76. The molecule has 2 bridgehead atoms. The Morgan fingerprint density at radius 3 is 2.47 bits per heavy atom. The number of halogens is 6. The summed E-state index contributed by atoms with van der Waals surface area (Å²) in [6.07, 6.45) is 0.354. The summed E-state index contributed by atoms with van der Waals surface area (Å²) in [6.45, 7) is 4.44. The lowest BCUT2D eigenvalue weighted by atomic mass is 9.94. The van der Waals surface area contributed by atoms with E-state index in [1.165, 1.54) is 26.9 Å². The number of aryl methyl sites for hydroxylation is 1. The first-order valence-corrected chi connectivity index (χ1v) is 15.1. The van der Waals surface area contributed by atoms with Crippen LogP contribution < -0.4 is 15.0 Å². The van der Waals surface area contributed by atoms with E-state index in [0.717, 1.165) is 31.9 Å². The van der Waals surface area contributed by atoms with Crippen molar-refractivity contribution >= 4 is 27.8 Å². The summed E-state index contributed by atoms with van der Waals surface area (Å²) in [4.78, 5) is 16.4. The average molecular weight is 635 g/mol. The van der Waals surface area contributed by atoms with E-state index in [-0.39, 0.29) is 51.5 Å². The summed E-state index contributed by atoms with van der Waals surface area (Å²) < 4.78 is 91.7. The maximum atomic E-state index is 16.1. The van der Waals surface area contributed by atoms with Crippen molar-refractivity contribution in [3.05, 3.63) is 35.2 Å². The summed E-state index contributed by atoms with van der Waals surface area (Å²) in [7, 11) is 1.30. The van der Waals surface area contributed by atoms with Gasteiger partial charge in [-0.25, -0.2) is 18.2 Å². The van der Waals surface area contributed by atoms with Gasteiger partial charge in [-0.3, -0.25) is 10.00 Å². The number of rotatable bonds is 3. The van der Waals surface area contributed by atoms with Gasteiger partial charge in [0.25, 0.3) is 0 Å². The number of aromatic nitrogens is 5. The van der Waals surface area contributed by atoms with Gasteiger partial charge in [-0.15, -0.1) is 0 Å². The minimum atomic E-state index is -4.93. The van der Waals surface area contributed by atoms with Crippen LogP contribution in [0.15, 0.2) is 12.3 Å². The maximum absolute atomic E-state index is 16.1. The fourth-order valence-electron chi connectivity index (χ4n) is 7.33. The van der Waals surface area contributed by atoms with Crippen LogP contribution >= 0.6 is 0 Å². The molecule has 4 atom stereocenters. The van der Waals surface area contributed by atoms with Gasteiger partial charge in [0.15, 0.2) is 11.5 Å². The normalized spacial score (nSPS) is 24.8. The Bertz CT molecular complexity index is 1740. The minimum absolute atomic E-state index is 0.0543. The molecule has 4 unspecified atom stereocenters. The van der Waals surface area contributed by atoms with Crippen LogP contribution in [0, 0.1) is 18.6 Å². The lowest BCUT2D eigenvalue weighted by Crippen LogP contribution is -2.51. The van der Waals surface area contributed by atoms with E-state index in [4.69, 9.17) is 4.74 Å². The number of ether oxygens (including phenoxy) is 1. The van der Waals surface area contributed by atoms with Crippen molar-refractivity contribution in [2.45, 2.75) is 69.5 Å². The monoisotopic (exact) mass is 634 g/mol. The van der Waals surface area contributed by atoms with Gasteiger partial charge in [0.2, 0.25) is 0 Å². The Kier molecular flexibility index (Phi) is 7.50. The summed E-state index contributed by atoms with van der Waals surface area (Å²) in [5.41, 5.74) is -3.06. The number of aromatic amines is 1. The molecular weight excluding hydrogens is 602 g/mol. The summed E-state index contributed by atoms with van der Waals surface area (Å²) in [5, 5.41) is 9.81. The molecule has 4 saturated heterocycles. The SMILES string of the molecule is COc1nc(N2CC3CCC(C2)N3)c2cc(F)c(-c3c(C(F)(F)F)cnc4n[nH]c(C)c34)c(F)c2n1.FC1CC2CCCN2C1. The number of piperazine rings is 1. The van der Waals surface area contributed by atoms with Crippen molar-refractivity contribution in [1.29, 1.82) is 0 Å². The lowest BCUT2D eigenvalue weighted by molar-refractivity contribution is -0.137. The molecule has 4 aromatic rings. The molecule has 240 valence electrons. The predicted octanol–water partition coefficient (Wildman–Crippen LogP) is 5.32. The molecule has 0 radical (unpaired) electrons. The van der Waals surface area contributed by atoms with Gasteiger partial charge in [0.05, 0.1) is 23.6 Å². The third kappa shape index (κ3) is 5.33. The van der Waals surface area contributed by atoms with Crippen molar-refractivity contribution in [3.63, 3.8) is 0 Å². The van der Waals surface area contributed by atoms with Gasteiger partial charge in [-0.2, -0.15) is 28.2 Å². The highest BCUT2D eigenvalue weighted by molar-refractivity contribution is 6.01. The van der Waals surface area contributed by atoms with Crippen LogP contribution in [0.1, 0.15) is 43.4 Å². The Morgan fingerprint density at radius 1 is 1.02 bits per heavy atom. The first kappa shape index (κ1) is 30.0. The number of benzene rings is 1. The van der Waals surface area contributed by atoms with Crippen LogP contribution in [0.5, 0.6) is 6.01 Å². The highest BCUT2D eigenvalue weighted by atomic mass is 19.4. The molecule has 1 aromatic carbocycles. The van der Waals surface area contributed by atoms with E-state index in [1.54, 1.807) is 0 Å². The fraction of sp³-hybridized carbons (Fsp3) is 0.533. The Balaban J connectivity index is 0.000000308. The van der Waals surface area contributed by atoms with Gasteiger partial charge >= 0.3 is 12.2 Å². The van der Waals surface area contributed by atoms with E-state index in [2.05, 4.69) is 35.4 Å². The molecule has 0 amide bonds. The molecule has 45 heavy (non-hydrogen) atoms. The van der Waals surface area contributed by atoms with Crippen LogP contribution in [-0.2, 0) is 6.18 Å². The second kappa shape index (κ2) is 11.3. The molecule has 9 nitrogen and oxygen atoms in total. The molecular formula is C30H32F6N8O. The molecule has 0 saturated carbocycles. The largest absolute Gasteiger partial charge is 0.467 e. The number of H-pyrrole nitrogens is 1. The number of anilines is 1. The summed E-state index contributed by atoms with van der Waals surface area (Å²) in [5.74, 6) is -2.15. The van der Waals surface area contributed by atoms with Gasteiger partial charge in [0, 0.05) is 60.6 Å². The smallest absolute Gasteiger partial charge is 0.418 e. The molecule has 8 rings (SSSR count). The number of hydrogen-bond acceptors (Lipinski definition) is 8. The number of methoxy groups -OCH3 is 1. The van der Waals surface area contributed by atoms with Gasteiger partial charge in [0.1, 0.15) is 23.3 Å².